The van der Waals surface area contributed by atoms with Crippen LogP contribution in [0.1, 0.15) is 18.1 Å². The summed E-state index contributed by atoms with van der Waals surface area (Å²) in [5.41, 5.74) is 1.60. The Hall–Kier alpha value is -2.53. The van der Waals surface area contributed by atoms with Crippen LogP contribution < -0.4 is 0 Å². The van der Waals surface area contributed by atoms with E-state index in [-0.39, 0.29) is 13.2 Å². The maximum absolute atomic E-state index is 12.3. The predicted octanol–water partition coefficient (Wildman–Crippen LogP) is 3.95. The van der Waals surface area contributed by atoms with E-state index >= 15 is 0 Å². The van der Waals surface area contributed by atoms with E-state index < -0.39 is 18.1 Å². The Kier molecular flexibility index (Phi) is 6.21. The number of carboxylic acids is 1. The monoisotopic (exact) mass is 347 g/mol. The van der Waals surface area contributed by atoms with Crippen molar-refractivity contribution in [3.8, 4) is 0 Å². The molecule has 2 aromatic carbocycles. The number of ether oxygens (including phenoxy) is 1. The van der Waals surface area contributed by atoms with Gasteiger partial charge in [-0.3, -0.25) is 4.90 Å². The summed E-state index contributed by atoms with van der Waals surface area (Å²) < 4.78 is 5.26. The van der Waals surface area contributed by atoms with Crippen molar-refractivity contribution in [3.63, 3.8) is 0 Å². The largest absolute Gasteiger partial charge is 0.480 e. The average molecular weight is 348 g/mol. The first-order chi connectivity index (χ1) is 11.5. The van der Waals surface area contributed by atoms with Crippen molar-refractivity contribution in [1.29, 1.82) is 0 Å². The van der Waals surface area contributed by atoms with E-state index in [1.54, 1.807) is 24.3 Å². The molecule has 0 spiro atoms. The van der Waals surface area contributed by atoms with Gasteiger partial charge in [-0.1, -0.05) is 54.1 Å². The van der Waals surface area contributed by atoms with Crippen molar-refractivity contribution in [2.24, 2.45) is 0 Å². The minimum atomic E-state index is -1.10. The van der Waals surface area contributed by atoms with Crippen molar-refractivity contribution in [1.82, 2.24) is 4.90 Å². The van der Waals surface area contributed by atoms with Gasteiger partial charge in [-0.05, 0) is 30.2 Å². The van der Waals surface area contributed by atoms with Crippen molar-refractivity contribution >= 4 is 23.7 Å². The van der Waals surface area contributed by atoms with Crippen molar-refractivity contribution in [2.75, 3.05) is 0 Å². The predicted molar refractivity (Wildman–Crippen MR) is 90.7 cm³/mol. The zero-order chi connectivity index (χ0) is 17.5. The number of benzene rings is 2. The van der Waals surface area contributed by atoms with Gasteiger partial charge in [0.1, 0.15) is 12.6 Å². The first-order valence-corrected chi connectivity index (χ1v) is 7.79. The van der Waals surface area contributed by atoms with Gasteiger partial charge >= 0.3 is 12.1 Å². The number of carbonyl (C=O) groups excluding carboxylic acids is 1. The standard InChI is InChI=1S/C18H18ClNO4/c1-13(17(21)22)20(11-14-7-9-16(19)10-8-14)18(23)24-12-15-5-3-2-4-6-15/h2-10,13H,11-12H2,1H3,(H,21,22)/t13-/m0/s1. The van der Waals surface area contributed by atoms with Crippen molar-refractivity contribution in [2.45, 2.75) is 26.1 Å². The molecular weight excluding hydrogens is 330 g/mol. The van der Waals surface area contributed by atoms with Crippen molar-refractivity contribution in [3.05, 3.63) is 70.7 Å². The van der Waals surface area contributed by atoms with E-state index in [9.17, 15) is 14.7 Å². The fourth-order valence-electron chi connectivity index (χ4n) is 2.08. The lowest BCUT2D eigenvalue weighted by molar-refractivity contribution is -0.142. The van der Waals surface area contributed by atoms with E-state index in [4.69, 9.17) is 16.3 Å². The highest BCUT2D eigenvalue weighted by Crippen LogP contribution is 2.15. The molecule has 2 rings (SSSR count). The van der Waals surface area contributed by atoms with E-state index in [0.717, 1.165) is 11.1 Å². The smallest absolute Gasteiger partial charge is 0.411 e. The number of carboxylic acid groups (broad SMARTS) is 1. The third-order valence-corrected chi connectivity index (χ3v) is 3.78. The van der Waals surface area contributed by atoms with Crippen LogP contribution >= 0.6 is 11.6 Å². The van der Waals surface area contributed by atoms with Crippen LogP contribution in [0.3, 0.4) is 0 Å². The molecule has 0 aliphatic carbocycles. The summed E-state index contributed by atoms with van der Waals surface area (Å²) in [5, 5.41) is 9.81. The summed E-state index contributed by atoms with van der Waals surface area (Å²) in [6, 6.07) is 15.1. The molecular formula is C18H18ClNO4. The minimum absolute atomic E-state index is 0.0864. The molecule has 24 heavy (non-hydrogen) atoms. The molecule has 1 N–H and O–H groups in total. The van der Waals surface area contributed by atoms with Crippen LogP contribution in [0.15, 0.2) is 54.6 Å². The molecule has 5 nitrogen and oxygen atoms in total. The fourth-order valence-corrected chi connectivity index (χ4v) is 2.21. The van der Waals surface area contributed by atoms with Gasteiger partial charge in [-0.25, -0.2) is 9.59 Å². The minimum Gasteiger partial charge on any atom is -0.480 e. The Morgan fingerprint density at radius 3 is 2.29 bits per heavy atom. The summed E-state index contributed by atoms with van der Waals surface area (Å²) in [6.07, 6.45) is -0.677. The molecule has 0 fully saturated rings. The summed E-state index contributed by atoms with van der Waals surface area (Å²) in [4.78, 5) is 24.8. The van der Waals surface area contributed by atoms with Crippen LogP contribution in [0.5, 0.6) is 0 Å². The Balaban J connectivity index is 2.08. The number of aliphatic carboxylic acids is 1. The second kappa shape index (κ2) is 8.36. The number of nitrogens with zero attached hydrogens (tertiary/aromatic N) is 1. The highest BCUT2D eigenvalue weighted by molar-refractivity contribution is 6.30. The molecule has 0 aromatic heterocycles. The Morgan fingerprint density at radius 2 is 1.71 bits per heavy atom. The zero-order valence-electron chi connectivity index (χ0n) is 13.2. The summed E-state index contributed by atoms with van der Waals surface area (Å²) in [7, 11) is 0. The topological polar surface area (TPSA) is 66.8 Å². The number of halogens is 1. The third kappa shape index (κ3) is 4.99. The lowest BCUT2D eigenvalue weighted by atomic mass is 10.2. The molecule has 0 unspecified atom stereocenters. The molecule has 0 aliphatic heterocycles. The lowest BCUT2D eigenvalue weighted by Crippen LogP contribution is -2.43. The van der Waals surface area contributed by atoms with Crippen LogP contribution in [0.25, 0.3) is 0 Å². The maximum Gasteiger partial charge on any atom is 0.411 e. The van der Waals surface area contributed by atoms with Gasteiger partial charge < -0.3 is 9.84 Å². The lowest BCUT2D eigenvalue weighted by Gasteiger charge is -2.26. The molecule has 126 valence electrons. The maximum atomic E-state index is 12.3. The van der Waals surface area contributed by atoms with Gasteiger partial charge in [-0.2, -0.15) is 0 Å². The quantitative estimate of drug-likeness (QED) is 0.859. The van der Waals surface area contributed by atoms with Crippen molar-refractivity contribution < 1.29 is 19.4 Å². The first-order valence-electron chi connectivity index (χ1n) is 7.42. The molecule has 0 heterocycles. The van der Waals surface area contributed by atoms with Crippen LogP contribution in [0.4, 0.5) is 4.79 Å². The molecule has 2 aromatic rings. The van der Waals surface area contributed by atoms with E-state index in [1.165, 1.54) is 11.8 Å². The van der Waals surface area contributed by atoms with Gasteiger partial charge in [0.2, 0.25) is 0 Å². The summed E-state index contributed by atoms with van der Waals surface area (Å²) in [6.45, 7) is 1.66. The van der Waals surface area contributed by atoms with Crippen LogP contribution in [-0.2, 0) is 22.7 Å². The molecule has 0 bridgehead atoms. The van der Waals surface area contributed by atoms with Gasteiger partial charge in [0.15, 0.2) is 0 Å². The third-order valence-electron chi connectivity index (χ3n) is 3.53. The van der Waals surface area contributed by atoms with E-state index in [0.29, 0.717) is 5.02 Å². The SMILES string of the molecule is C[C@@H](C(=O)O)N(Cc1ccc(Cl)cc1)C(=O)OCc1ccccc1. The Morgan fingerprint density at radius 1 is 1.08 bits per heavy atom. The second-order valence-corrected chi connectivity index (χ2v) is 5.75. The molecule has 0 saturated heterocycles. The molecule has 0 aliphatic rings. The molecule has 0 radical (unpaired) electrons. The molecule has 1 atom stereocenters. The van der Waals surface area contributed by atoms with Gasteiger partial charge in [0.05, 0.1) is 0 Å². The number of hydrogen-bond donors (Lipinski definition) is 1. The van der Waals surface area contributed by atoms with Crippen LogP contribution in [-0.4, -0.2) is 28.1 Å². The summed E-state index contributed by atoms with van der Waals surface area (Å²) >= 11 is 5.84. The normalized spacial score (nSPS) is 11.6. The number of carbonyl (C=O) groups is 2. The average Bonchev–Trinajstić information content (AvgIpc) is 2.59. The fraction of sp³-hybridized carbons (Fsp3) is 0.222. The van der Waals surface area contributed by atoms with E-state index in [2.05, 4.69) is 0 Å². The Labute approximate surface area is 145 Å². The Bertz CT molecular complexity index is 688. The first kappa shape index (κ1) is 17.8. The van der Waals surface area contributed by atoms with Crippen LogP contribution in [0, 0.1) is 0 Å². The van der Waals surface area contributed by atoms with Gasteiger partial charge in [-0.15, -0.1) is 0 Å². The zero-order valence-corrected chi connectivity index (χ0v) is 13.9. The van der Waals surface area contributed by atoms with Gasteiger partial charge in [0.25, 0.3) is 0 Å². The number of rotatable bonds is 6. The summed E-state index contributed by atoms with van der Waals surface area (Å²) in [5.74, 6) is -1.10. The number of amides is 1. The number of hydrogen-bond acceptors (Lipinski definition) is 3. The second-order valence-electron chi connectivity index (χ2n) is 5.31. The highest BCUT2D eigenvalue weighted by Gasteiger charge is 2.27. The highest BCUT2D eigenvalue weighted by atomic mass is 35.5. The van der Waals surface area contributed by atoms with Crippen LogP contribution in [0.2, 0.25) is 5.02 Å². The molecule has 6 heteroatoms. The molecule has 1 amide bonds. The van der Waals surface area contributed by atoms with Gasteiger partial charge in [0, 0.05) is 11.6 Å². The van der Waals surface area contributed by atoms with E-state index in [1.807, 2.05) is 30.3 Å². The molecule has 0 saturated carbocycles.